The number of amides is 2. The van der Waals surface area contributed by atoms with Crippen LogP contribution >= 0.6 is 0 Å². The predicted molar refractivity (Wildman–Crippen MR) is 86.2 cm³/mol. The Morgan fingerprint density at radius 3 is 2.65 bits per heavy atom. The van der Waals surface area contributed by atoms with Gasteiger partial charge < -0.3 is 19.5 Å². The summed E-state index contributed by atoms with van der Waals surface area (Å²) in [5.41, 5.74) is 0. The number of piperazine rings is 1. The summed E-state index contributed by atoms with van der Waals surface area (Å²) in [5.74, 6) is 2.47. The van der Waals surface area contributed by atoms with Gasteiger partial charge in [-0.25, -0.2) is 9.78 Å². The molecule has 1 aliphatic heterocycles. The molecular formula is C16H21N5O2. The first-order valence-corrected chi connectivity index (χ1v) is 7.76. The molecule has 2 aromatic rings. The zero-order chi connectivity index (χ0) is 16.2. The molecular weight excluding hydrogens is 294 g/mol. The highest BCUT2D eigenvalue weighted by Crippen LogP contribution is 2.16. The minimum atomic E-state index is -0.144. The number of carbonyl (C=O) groups excluding carboxylic acids is 1. The summed E-state index contributed by atoms with van der Waals surface area (Å²) >= 11 is 0. The second-order valence-electron chi connectivity index (χ2n) is 5.66. The van der Waals surface area contributed by atoms with Gasteiger partial charge in [0.25, 0.3) is 0 Å². The van der Waals surface area contributed by atoms with Crippen LogP contribution in [0.5, 0.6) is 0 Å². The number of aryl methyl sites for hydroxylation is 1. The minimum Gasteiger partial charge on any atom is -0.464 e. The van der Waals surface area contributed by atoms with Gasteiger partial charge in [-0.3, -0.25) is 4.98 Å². The molecule has 1 unspecified atom stereocenters. The maximum atomic E-state index is 12.4. The molecule has 0 bridgehead atoms. The van der Waals surface area contributed by atoms with Crippen LogP contribution in [0.25, 0.3) is 0 Å². The third-order valence-electron chi connectivity index (χ3n) is 3.97. The van der Waals surface area contributed by atoms with E-state index in [1.165, 1.54) is 0 Å². The standard InChI is InChI=1S/C16H21N5O2/c1-12-3-4-14(23-12)13(2)19-16(22)21-9-7-20(8-10-21)15-11-17-5-6-18-15/h3-6,11,13H,7-10H2,1-2H3,(H,19,22). The molecule has 2 aromatic heterocycles. The van der Waals surface area contributed by atoms with E-state index in [9.17, 15) is 4.79 Å². The summed E-state index contributed by atoms with van der Waals surface area (Å²) in [4.78, 5) is 24.7. The first-order valence-electron chi connectivity index (χ1n) is 7.76. The van der Waals surface area contributed by atoms with Crippen LogP contribution in [0.1, 0.15) is 24.5 Å². The smallest absolute Gasteiger partial charge is 0.318 e. The molecule has 1 N–H and O–H groups in total. The van der Waals surface area contributed by atoms with Gasteiger partial charge in [0.2, 0.25) is 0 Å². The van der Waals surface area contributed by atoms with Crippen LogP contribution in [0.3, 0.4) is 0 Å². The molecule has 1 atom stereocenters. The Morgan fingerprint density at radius 2 is 2.04 bits per heavy atom. The molecule has 0 spiro atoms. The fourth-order valence-corrected chi connectivity index (χ4v) is 2.63. The lowest BCUT2D eigenvalue weighted by Gasteiger charge is -2.35. The summed E-state index contributed by atoms with van der Waals surface area (Å²) in [6.07, 6.45) is 5.09. The van der Waals surface area contributed by atoms with Crippen molar-refractivity contribution in [2.75, 3.05) is 31.1 Å². The van der Waals surface area contributed by atoms with Gasteiger partial charge in [-0.05, 0) is 26.0 Å². The van der Waals surface area contributed by atoms with Crippen LogP contribution in [0.15, 0.2) is 35.1 Å². The van der Waals surface area contributed by atoms with Gasteiger partial charge in [-0.2, -0.15) is 0 Å². The summed E-state index contributed by atoms with van der Waals surface area (Å²) < 4.78 is 5.55. The van der Waals surface area contributed by atoms with E-state index >= 15 is 0 Å². The number of urea groups is 1. The molecule has 1 aliphatic rings. The van der Waals surface area contributed by atoms with Crippen molar-refractivity contribution in [1.82, 2.24) is 20.2 Å². The van der Waals surface area contributed by atoms with Crippen molar-refractivity contribution >= 4 is 11.8 Å². The third-order valence-corrected chi connectivity index (χ3v) is 3.97. The highest BCUT2D eigenvalue weighted by molar-refractivity contribution is 5.75. The van der Waals surface area contributed by atoms with Gasteiger partial charge in [0.1, 0.15) is 17.3 Å². The molecule has 0 aliphatic carbocycles. The van der Waals surface area contributed by atoms with Crippen LogP contribution in [0.4, 0.5) is 10.6 Å². The van der Waals surface area contributed by atoms with E-state index < -0.39 is 0 Å². The van der Waals surface area contributed by atoms with Crippen molar-refractivity contribution in [3.63, 3.8) is 0 Å². The number of carbonyl (C=O) groups is 1. The van der Waals surface area contributed by atoms with Gasteiger partial charge in [0, 0.05) is 38.6 Å². The Bertz CT molecular complexity index is 650. The zero-order valence-electron chi connectivity index (χ0n) is 13.4. The third kappa shape index (κ3) is 3.61. The summed E-state index contributed by atoms with van der Waals surface area (Å²) in [7, 11) is 0. The van der Waals surface area contributed by atoms with Gasteiger partial charge in [-0.1, -0.05) is 0 Å². The molecule has 7 nitrogen and oxygen atoms in total. The van der Waals surface area contributed by atoms with Gasteiger partial charge in [0.05, 0.1) is 12.2 Å². The van der Waals surface area contributed by atoms with E-state index in [1.54, 1.807) is 18.6 Å². The van der Waals surface area contributed by atoms with E-state index in [2.05, 4.69) is 20.2 Å². The van der Waals surface area contributed by atoms with Crippen molar-refractivity contribution in [1.29, 1.82) is 0 Å². The molecule has 122 valence electrons. The van der Waals surface area contributed by atoms with E-state index in [0.29, 0.717) is 13.1 Å². The lowest BCUT2D eigenvalue weighted by Crippen LogP contribution is -2.52. The highest BCUT2D eigenvalue weighted by atomic mass is 16.3. The summed E-state index contributed by atoms with van der Waals surface area (Å²) in [6.45, 7) is 6.63. The van der Waals surface area contributed by atoms with Crippen molar-refractivity contribution < 1.29 is 9.21 Å². The number of anilines is 1. The highest BCUT2D eigenvalue weighted by Gasteiger charge is 2.23. The average Bonchev–Trinajstić information content (AvgIpc) is 3.02. The first kappa shape index (κ1) is 15.3. The number of aromatic nitrogens is 2. The zero-order valence-corrected chi connectivity index (χ0v) is 13.4. The Hall–Kier alpha value is -2.57. The van der Waals surface area contributed by atoms with Crippen LogP contribution < -0.4 is 10.2 Å². The van der Waals surface area contributed by atoms with Crippen LogP contribution in [-0.2, 0) is 0 Å². The molecule has 1 saturated heterocycles. The molecule has 0 saturated carbocycles. The number of hydrogen-bond donors (Lipinski definition) is 1. The van der Waals surface area contributed by atoms with Gasteiger partial charge in [0.15, 0.2) is 0 Å². The lowest BCUT2D eigenvalue weighted by molar-refractivity contribution is 0.189. The Labute approximate surface area is 135 Å². The quantitative estimate of drug-likeness (QED) is 0.937. The Morgan fingerprint density at radius 1 is 1.26 bits per heavy atom. The summed E-state index contributed by atoms with van der Waals surface area (Å²) in [5, 5.41) is 2.98. The van der Waals surface area contributed by atoms with Crippen molar-refractivity contribution in [2.24, 2.45) is 0 Å². The molecule has 3 rings (SSSR count). The molecule has 3 heterocycles. The normalized spacial score (nSPS) is 16.3. The molecule has 1 fully saturated rings. The average molecular weight is 315 g/mol. The number of nitrogens with one attached hydrogen (secondary N) is 1. The topological polar surface area (TPSA) is 74.5 Å². The van der Waals surface area contributed by atoms with E-state index in [0.717, 1.165) is 30.4 Å². The monoisotopic (exact) mass is 315 g/mol. The fraction of sp³-hybridized carbons (Fsp3) is 0.438. The molecule has 0 aromatic carbocycles. The Kier molecular flexibility index (Phi) is 4.45. The number of hydrogen-bond acceptors (Lipinski definition) is 5. The van der Waals surface area contributed by atoms with Crippen molar-refractivity contribution in [2.45, 2.75) is 19.9 Å². The minimum absolute atomic E-state index is 0.0645. The van der Waals surface area contributed by atoms with Crippen LogP contribution in [0, 0.1) is 6.92 Å². The largest absolute Gasteiger partial charge is 0.464 e. The van der Waals surface area contributed by atoms with Gasteiger partial charge >= 0.3 is 6.03 Å². The van der Waals surface area contributed by atoms with Gasteiger partial charge in [-0.15, -0.1) is 0 Å². The van der Waals surface area contributed by atoms with Crippen LogP contribution in [0.2, 0.25) is 0 Å². The van der Waals surface area contributed by atoms with Crippen LogP contribution in [-0.4, -0.2) is 47.1 Å². The molecule has 0 radical (unpaired) electrons. The number of nitrogens with zero attached hydrogens (tertiary/aromatic N) is 4. The molecule has 7 heteroatoms. The predicted octanol–water partition coefficient (Wildman–Crippen LogP) is 1.97. The maximum Gasteiger partial charge on any atom is 0.318 e. The van der Waals surface area contributed by atoms with E-state index in [-0.39, 0.29) is 12.1 Å². The van der Waals surface area contributed by atoms with Crippen molar-refractivity contribution in [3.8, 4) is 0 Å². The fourth-order valence-electron chi connectivity index (χ4n) is 2.63. The number of furan rings is 1. The molecule has 23 heavy (non-hydrogen) atoms. The SMILES string of the molecule is Cc1ccc(C(C)NC(=O)N2CCN(c3cnccn3)CC2)o1. The second kappa shape index (κ2) is 6.68. The van der Waals surface area contributed by atoms with E-state index in [4.69, 9.17) is 4.42 Å². The van der Waals surface area contributed by atoms with E-state index in [1.807, 2.05) is 30.9 Å². The van der Waals surface area contributed by atoms with Crippen molar-refractivity contribution in [3.05, 3.63) is 42.2 Å². The lowest BCUT2D eigenvalue weighted by atomic mass is 10.2. The Balaban J connectivity index is 1.52. The first-order chi connectivity index (χ1) is 11.1. The summed E-state index contributed by atoms with van der Waals surface area (Å²) in [6, 6.07) is 3.59. The maximum absolute atomic E-state index is 12.4. The molecule has 2 amide bonds. The second-order valence-corrected chi connectivity index (χ2v) is 5.66. The number of rotatable bonds is 3.